The molecule has 0 unspecified atom stereocenters. The van der Waals surface area contributed by atoms with Gasteiger partial charge in [-0.3, -0.25) is 0 Å². The summed E-state index contributed by atoms with van der Waals surface area (Å²) < 4.78 is 0. The summed E-state index contributed by atoms with van der Waals surface area (Å²) in [7, 11) is 1.97. The van der Waals surface area contributed by atoms with E-state index in [0.29, 0.717) is 17.8 Å². The van der Waals surface area contributed by atoms with Gasteiger partial charge in [-0.05, 0) is 75.5 Å². The summed E-state index contributed by atoms with van der Waals surface area (Å²) >= 11 is 0. The Morgan fingerprint density at radius 2 is 1.00 bits per heavy atom. The molecule has 3 aliphatic rings. The van der Waals surface area contributed by atoms with E-state index in [1.165, 1.54) is 16.7 Å². The molecule has 0 amide bonds. The molecule has 0 aliphatic carbocycles. The number of anilines is 5. The molecule has 1 radical (unpaired) electrons. The van der Waals surface area contributed by atoms with Crippen LogP contribution < -0.4 is 19.6 Å². The number of unbranched alkanes of at least 4 members (excludes halogenated alkanes) is 1. The summed E-state index contributed by atoms with van der Waals surface area (Å²) in [5, 5.41) is 0. The van der Waals surface area contributed by atoms with E-state index in [2.05, 4.69) is 164 Å². The quantitative estimate of drug-likeness (QED) is 0.109. The standard InChI is InChI=1S/C28H34N4.C15H16N4.Ir/c1-23(2)25-9-7-11-27(19-25)31-17-15-29(21-31)13-5-6-14-30-16-18-32(22-30)28-12-8-10-26(20-28)24(3)4;1-11(2)12-5-4-6-13(9-12)19-10-18(3)14-15(19)17-8-7-16-14;/h7-10,15-24H,5-6,13-14H2,1-4H3;4-5,7-11H,1-3H3;/q-4;-2;. The van der Waals surface area contributed by atoms with Crippen LogP contribution in [0.3, 0.4) is 0 Å². The molecule has 4 aromatic rings. The first-order valence-corrected chi connectivity index (χ1v) is 18.0. The second-order valence-electron chi connectivity index (χ2n) is 14.1. The normalized spacial score (nSPS) is 14.9. The molecule has 3 aromatic carbocycles. The number of hydrogen-bond donors (Lipinski definition) is 0. The fraction of sp³-hybridized carbons (Fsp3) is 0.326. The van der Waals surface area contributed by atoms with Crippen molar-refractivity contribution in [2.75, 3.05) is 39.7 Å². The third-order valence-corrected chi connectivity index (χ3v) is 9.22. The molecule has 0 fully saturated rings. The van der Waals surface area contributed by atoms with Gasteiger partial charge in [0.15, 0.2) is 0 Å². The van der Waals surface area contributed by atoms with Gasteiger partial charge < -0.3 is 29.4 Å². The minimum absolute atomic E-state index is 0. The van der Waals surface area contributed by atoms with Crippen molar-refractivity contribution in [1.82, 2.24) is 19.8 Å². The SMILES string of the molecule is CC(C)c1cc[c-]c(N2C=CN(CCCCN3C=CN(c4[c-]ccc(C(C)C)c4)[CH-]3)[CH-]2)c1.CC(C)c1cc[c-]c(N2[CH-]N(C)c3nccnc32)c1.[Ir]. The minimum atomic E-state index is 0. The maximum atomic E-state index is 4.41. The molecule has 9 heteroatoms. The zero-order chi connectivity index (χ0) is 35.9. The van der Waals surface area contributed by atoms with Crippen molar-refractivity contribution in [2.24, 2.45) is 0 Å². The van der Waals surface area contributed by atoms with Crippen molar-refractivity contribution in [1.29, 1.82) is 0 Å². The van der Waals surface area contributed by atoms with Gasteiger partial charge in [-0.15, -0.1) is 41.9 Å². The topological polar surface area (TPSA) is 45.2 Å². The maximum absolute atomic E-state index is 4.41. The van der Waals surface area contributed by atoms with Crippen LogP contribution >= 0.6 is 0 Å². The van der Waals surface area contributed by atoms with Crippen molar-refractivity contribution in [2.45, 2.75) is 72.1 Å². The first-order chi connectivity index (χ1) is 24.7. The molecule has 0 spiro atoms. The van der Waals surface area contributed by atoms with E-state index in [4.69, 9.17) is 0 Å². The second-order valence-corrected chi connectivity index (χ2v) is 14.1. The van der Waals surface area contributed by atoms with Crippen LogP contribution in [0.1, 0.15) is 88.8 Å². The monoisotopic (exact) mass is 871 g/mol. The third-order valence-electron chi connectivity index (χ3n) is 9.22. The maximum Gasteiger partial charge on any atom is 0.143 e. The number of nitrogens with zero attached hydrogens (tertiary/aromatic N) is 8. The number of aromatic nitrogens is 2. The molecule has 0 saturated heterocycles. The second kappa shape index (κ2) is 17.9. The third kappa shape index (κ3) is 9.55. The van der Waals surface area contributed by atoms with E-state index >= 15 is 0 Å². The fourth-order valence-corrected chi connectivity index (χ4v) is 6.06. The smallest absolute Gasteiger partial charge is 0.143 e. The van der Waals surface area contributed by atoms with E-state index in [-0.39, 0.29) is 20.1 Å². The van der Waals surface area contributed by atoms with Gasteiger partial charge in [0.25, 0.3) is 0 Å². The van der Waals surface area contributed by atoms with Gasteiger partial charge in [0.1, 0.15) is 11.6 Å². The Labute approximate surface area is 325 Å². The van der Waals surface area contributed by atoms with Crippen LogP contribution in [0.4, 0.5) is 28.7 Å². The molecular weight excluding hydrogens is 821 g/mol. The van der Waals surface area contributed by atoms with Crippen molar-refractivity contribution in [3.63, 3.8) is 0 Å². The van der Waals surface area contributed by atoms with Crippen LogP contribution in [0.5, 0.6) is 0 Å². The summed E-state index contributed by atoms with van der Waals surface area (Å²) in [6, 6.07) is 29.0. The predicted molar refractivity (Wildman–Crippen MR) is 209 cm³/mol. The molecule has 8 nitrogen and oxygen atoms in total. The number of fused-ring (bicyclic) bond motifs is 1. The molecular formula is C43H50IrN8-6. The Bertz CT molecular complexity index is 1730. The molecule has 0 saturated carbocycles. The average molecular weight is 871 g/mol. The Balaban J connectivity index is 0.000000223. The largest absolute Gasteiger partial charge is 0.508 e. The van der Waals surface area contributed by atoms with Gasteiger partial charge in [-0.2, -0.15) is 84.6 Å². The van der Waals surface area contributed by atoms with Crippen LogP contribution in [0, 0.1) is 38.2 Å². The fourth-order valence-electron chi connectivity index (χ4n) is 6.06. The first kappa shape index (κ1) is 38.9. The predicted octanol–water partition coefficient (Wildman–Crippen LogP) is 9.54. The molecule has 7 rings (SSSR count). The van der Waals surface area contributed by atoms with Crippen LogP contribution in [-0.4, -0.2) is 39.9 Å². The van der Waals surface area contributed by atoms with Gasteiger partial charge in [0, 0.05) is 32.5 Å². The summed E-state index contributed by atoms with van der Waals surface area (Å²) in [5.41, 5.74) is 7.18. The van der Waals surface area contributed by atoms with Crippen LogP contribution in [0.25, 0.3) is 0 Å². The Morgan fingerprint density at radius 3 is 1.46 bits per heavy atom. The van der Waals surface area contributed by atoms with Crippen molar-refractivity contribution in [3.8, 4) is 0 Å². The molecule has 1 aromatic heterocycles. The molecule has 3 aliphatic heterocycles. The van der Waals surface area contributed by atoms with Gasteiger partial charge >= 0.3 is 0 Å². The van der Waals surface area contributed by atoms with Crippen molar-refractivity contribution >= 4 is 28.7 Å². The van der Waals surface area contributed by atoms with E-state index in [9.17, 15) is 0 Å². The molecule has 4 heterocycles. The Kier molecular flexibility index (Phi) is 13.4. The first-order valence-electron chi connectivity index (χ1n) is 18.0. The summed E-state index contributed by atoms with van der Waals surface area (Å²) in [6.07, 6.45) is 14.2. The van der Waals surface area contributed by atoms with Crippen LogP contribution in [0.2, 0.25) is 0 Å². The van der Waals surface area contributed by atoms with E-state index in [0.717, 1.165) is 54.6 Å². The van der Waals surface area contributed by atoms with Crippen LogP contribution in [-0.2, 0) is 20.1 Å². The zero-order valence-corrected chi connectivity index (χ0v) is 33.8. The van der Waals surface area contributed by atoms with E-state index in [1.54, 1.807) is 12.4 Å². The van der Waals surface area contributed by atoms with Gasteiger partial charge in [0.2, 0.25) is 0 Å². The van der Waals surface area contributed by atoms with Crippen LogP contribution in [0.15, 0.2) is 91.8 Å². The van der Waals surface area contributed by atoms with E-state index in [1.807, 2.05) is 41.7 Å². The summed E-state index contributed by atoms with van der Waals surface area (Å²) in [5.74, 6) is 3.26. The zero-order valence-electron chi connectivity index (χ0n) is 31.4. The molecule has 0 bridgehead atoms. The van der Waals surface area contributed by atoms with Gasteiger partial charge in [-0.25, -0.2) is 9.97 Å². The molecule has 277 valence electrons. The van der Waals surface area contributed by atoms with Gasteiger partial charge in [0.05, 0.1) is 0 Å². The van der Waals surface area contributed by atoms with Crippen molar-refractivity contribution < 1.29 is 20.1 Å². The number of hydrogen-bond acceptors (Lipinski definition) is 8. The van der Waals surface area contributed by atoms with Gasteiger partial charge in [-0.1, -0.05) is 41.5 Å². The van der Waals surface area contributed by atoms with E-state index < -0.39 is 0 Å². The Hall–Kier alpha value is -4.33. The molecule has 52 heavy (non-hydrogen) atoms. The minimum Gasteiger partial charge on any atom is -0.508 e. The molecule has 0 N–H and O–H groups in total. The molecule has 0 atom stereocenters. The summed E-state index contributed by atoms with van der Waals surface area (Å²) in [4.78, 5) is 21.6. The summed E-state index contributed by atoms with van der Waals surface area (Å²) in [6.45, 7) is 21.6. The average Bonchev–Trinajstić information content (AvgIpc) is 3.90. The number of rotatable bonds is 11. The Morgan fingerprint density at radius 1 is 0.577 bits per heavy atom. The number of benzene rings is 3. The van der Waals surface area contributed by atoms with Crippen molar-refractivity contribution in [3.05, 3.63) is 147 Å².